The third-order valence-electron chi connectivity index (χ3n) is 5.43. The van der Waals surface area contributed by atoms with E-state index in [4.69, 9.17) is 0 Å². The molecule has 1 aromatic rings. The monoisotopic (exact) mass is 377 g/mol. The highest BCUT2D eigenvalue weighted by Gasteiger charge is 2.19. The van der Waals surface area contributed by atoms with E-state index in [9.17, 15) is 0 Å². The molecule has 0 radical (unpaired) electrons. The summed E-state index contributed by atoms with van der Waals surface area (Å²) in [5, 5.41) is 4.74. The van der Waals surface area contributed by atoms with Crippen LogP contribution in [-0.4, -0.2) is 12.8 Å². The van der Waals surface area contributed by atoms with Crippen LogP contribution in [0.1, 0.15) is 49.7 Å². The van der Waals surface area contributed by atoms with Gasteiger partial charge in [0.25, 0.3) is 0 Å². The highest BCUT2D eigenvalue weighted by molar-refractivity contribution is 8.03. The van der Waals surface area contributed by atoms with Gasteiger partial charge in [-0.2, -0.15) is 0 Å². The van der Waals surface area contributed by atoms with Crippen molar-refractivity contribution in [3.63, 3.8) is 0 Å². The van der Waals surface area contributed by atoms with Gasteiger partial charge >= 0.3 is 0 Å². The van der Waals surface area contributed by atoms with Crippen LogP contribution in [0.4, 0.5) is 0 Å². The maximum absolute atomic E-state index is 4.40. The van der Waals surface area contributed by atoms with Crippen LogP contribution in [0, 0.1) is 0 Å². The maximum Gasteiger partial charge on any atom is 0.0757 e. The fourth-order valence-electron chi connectivity index (χ4n) is 3.76. The van der Waals surface area contributed by atoms with Crippen molar-refractivity contribution in [1.82, 2.24) is 5.32 Å². The first kappa shape index (κ1) is 19.8. The summed E-state index contributed by atoms with van der Waals surface area (Å²) in [7, 11) is 2.04. The predicted molar refractivity (Wildman–Crippen MR) is 122 cm³/mol. The van der Waals surface area contributed by atoms with Gasteiger partial charge in [0.15, 0.2) is 0 Å². The van der Waals surface area contributed by atoms with Gasteiger partial charge in [0.2, 0.25) is 0 Å². The predicted octanol–water partition coefficient (Wildman–Crippen LogP) is 6.81. The summed E-state index contributed by atoms with van der Waals surface area (Å²) in [5.41, 5.74) is 8.30. The lowest BCUT2D eigenvalue weighted by molar-refractivity contribution is 0.781. The molecule has 0 saturated heterocycles. The summed E-state index contributed by atoms with van der Waals surface area (Å²) >= 11 is 1.95. The van der Waals surface area contributed by atoms with Crippen LogP contribution in [-0.2, 0) is 6.42 Å². The van der Waals surface area contributed by atoms with Crippen molar-refractivity contribution in [3.8, 4) is 0 Å². The van der Waals surface area contributed by atoms with Crippen molar-refractivity contribution in [2.45, 2.75) is 44.9 Å². The maximum atomic E-state index is 4.40. The first-order valence-electron chi connectivity index (χ1n) is 10.0. The van der Waals surface area contributed by atoms with Gasteiger partial charge in [0, 0.05) is 12.6 Å². The standard InChI is InChI=1S/C25H31NS/c1-4-20-8-10-21(11-9-20)12-13-22-14-16-23(17-15-22)24-19(2)7-5-6-18-27-25(24)26-3/h4,8-11,14,16,26H,1-2,5-7,12-13,15,17-18H2,3H3/b25-24+. The molecule has 2 aliphatic rings. The van der Waals surface area contributed by atoms with Gasteiger partial charge < -0.3 is 5.32 Å². The quantitative estimate of drug-likeness (QED) is 0.584. The van der Waals surface area contributed by atoms with Gasteiger partial charge in [0.05, 0.1) is 5.03 Å². The molecule has 0 bridgehead atoms. The molecule has 1 N–H and O–H groups in total. The molecule has 0 atom stereocenters. The van der Waals surface area contributed by atoms with Crippen LogP contribution in [0.25, 0.3) is 6.08 Å². The molecule has 2 heteroatoms. The van der Waals surface area contributed by atoms with Crippen LogP contribution in [0.5, 0.6) is 0 Å². The summed E-state index contributed by atoms with van der Waals surface area (Å²) in [4.78, 5) is 0. The smallest absolute Gasteiger partial charge is 0.0757 e. The molecule has 142 valence electrons. The number of benzene rings is 1. The van der Waals surface area contributed by atoms with Crippen molar-refractivity contribution >= 4 is 17.8 Å². The summed E-state index contributed by atoms with van der Waals surface area (Å²) in [6.07, 6.45) is 14.8. The van der Waals surface area contributed by atoms with E-state index >= 15 is 0 Å². The zero-order chi connectivity index (χ0) is 19.1. The normalized spacial score (nSPS) is 21.0. The van der Waals surface area contributed by atoms with Crippen LogP contribution in [0.3, 0.4) is 0 Å². The topological polar surface area (TPSA) is 12.0 Å². The second-order valence-electron chi connectivity index (χ2n) is 7.33. The number of rotatable bonds is 6. The lowest BCUT2D eigenvalue weighted by Crippen LogP contribution is -2.12. The second kappa shape index (κ2) is 9.85. The van der Waals surface area contributed by atoms with E-state index in [0.29, 0.717) is 0 Å². The number of allylic oxidation sites excluding steroid dienone is 6. The lowest BCUT2D eigenvalue weighted by atomic mass is 9.87. The third-order valence-corrected chi connectivity index (χ3v) is 6.62. The molecule has 0 unspecified atom stereocenters. The molecule has 1 heterocycles. The van der Waals surface area contributed by atoms with Crippen molar-refractivity contribution in [1.29, 1.82) is 0 Å². The van der Waals surface area contributed by atoms with Crippen molar-refractivity contribution in [2.75, 3.05) is 12.8 Å². The fraction of sp³-hybridized carbons (Fsp3) is 0.360. The number of thioether (sulfide) groups is 1. The van der Waals surface area contributed by atoms with Crippen molar-refractivity contribution in [2.24, 2.45) is 0 Å². The first-order valence-corrected chi connectivity index (χ1v) is 11.0. The van der Waals surface area contributed by atoms with E-state index in [1.54, 1.807) is 5.57 Å². The largest absolute Gasteiger partial charge is 0.382 e. The molecular weight excluding hydrogens is 346 g/mol. The Hall–Kier alpha value is -1.93. The Bertz CT molecular complexity index is 777. The van der Waals surface area contributed by atoms with E-state index in [2.05, 4.69) is 54.9 Å². The molecule has 0 aromatic heterocycles. The van der Waals surface area contributed by atoms with Crippen LogP contribution in [0.2, 0.25) is 0 Å². The van der Waals surface area contributed by atoms with Crippen molar-refractivity contribution < 1.29 is 0 Å². The van der Waals surface area contributed by atoms with Gasteiger partial charge in [-0.15, -0.1) is 11.8 Å². The molecule has 1 aliphatic heterocycles. The van der Waals surface area contributed by atoms with Gasteiger partial charge in [-0.05, 0) is 73.0 Å². The molecule has 0 saturated carbocycles. The Morgan fingerprint density at radius 2 is 1.85 bits per heavy atom. The third kappa shape index (κ3) is 5.29. The zero-order valence-electron chi connectivity index (χ0n) is 16.5. The second-order valence-corrected chi connectivity index (χ2v) is 8.43. The average Bonchev–Trinajstić information content (AvgIpc) is 2.70. The Labute approximate surface area is 169 Å². The SMILES string of the molecule is C=Cc1ccc(CCC2=CC=C(/C3=C(\NC)SCCCCC3=C)CC2)cc1. The summed E-state index contributed by atoms with van der Waals surface area (Å²) in [6, 6.07) is 8.75. The van der Waals surface area contributed by atoms with Crippen LogP contribution < -0.4 is 5.32 Å². The summed E-state index contributed by atoms with van der Waals surface area (Å²) in [6.45, 7) is 8.22. The van der Waals surface area contributed by atoms with E-state index in [1.165, 1.54) is 51.5 Å². The molecule has 1 aromatic carbocycles. The minimum Gasteiger partial charge on any atom is -0.382 e. The van der Waals surface area contributed by atoms with Gasteiger partial charge in [-0.1, -0.05) is 61.2 Å². The fourth-order valence-corrected chi connectivity index (χ4v) is 4.88. The molecule has 3 rings (SSSR count). The minimum absolute atomic E-state index is 1.11. The summed E-state index contributed by atoms with van der Waals surface area (Å²) in [5.74, 6) is 1.20. The van der Waals surface area contributed by atoms with Crippen LogP contribution in [0.15, 0.2) is 76.9 Å². The Morgan fingerprint density at radius 3 is 2.52 bits per heavy atom. The first-order chi connectivity index (χ1) is 13.2. The van der Waals surface area contributed by atoms with E-state index in [1.807, 2.05) is 24.9 Å². The molecule has 0 spiro atoms. The lowest BCUT2D eigenvalue weighted by Gasteiger charge is -2.24. The molecule has 1 nitrogen and oxygen atoms in total. The summed E-state index contributed by atoms with van der Waals surface area (Å²) < 4.78 is 0. The molecule has 1 aliphatic carbocycles. The zero-order valence-corrected chi connectivity index (χ0v) is 17.3. The highest BCUT2D eigenvalue weighted by Crippen LogP contribution is 2.37. The molecular formula is C25H31NS. The average molecular weight is 378 g/mol. The Morgan fingerprint density at radius 1 is 1.04 bits per heavy atom. The molecule has 0 fully saturated rings. The van der Waals surface area contributed by atoms with Crippen LogP contribution >= 0.6 is 11.8 Å². The van der Waals surface area contributed by atoms with E-state index in [-0.39, 0.29) is 0 Å². The molecule has 27 heavy (non-hydrogen) atoms. The van der Waals surface area contributed by atoms with Gasteiger partial charge in [0.1, 0.15) is 0 Å². The van der Waals surface area contributed by atoms with Gasteiger partial charge in [-0.25, -0.2) is 0 Å². The Kier molecular flexibility index (Phi) is 7.23. The number of hydrogen-bond donors (Lipinski definition) is 1. The highest BCUT2D eigenvalue weighted by atomic mass is 32.2. The van der Waals surface area contributed by atoms with Gasteiger partial charge in [-0.3, -0.25) is 0 Å². The van der Waals surface area contributed by atoms with E-state index in [0.717, 1.165) is 32.1 Å². The minimum atomic E-state index is 1.11. The Balaban J connectivity index is 1.70. The number of aryl methyl sites for hydroxylation is 1. The number of nitrogens with one attached hydrogen (secondary N) is 1. The van der Waals surface area contributed by atoms with E-state index < -0.39 is 0 Å². The van der Waals surface area contributed by atoms with Crippen molar-refractivity contribution in [3.05, 3.63) is 88.0 Å². The number of hydrogen-bond acceptors (Lipinski definition) is 2. The molecule has 0 amide bonds.